The smallest absolute Gasteiger partial charge is 0.276 e. The molecule has 2 aromatic heterocycles. The number of nitrogens with two attached hydrogens (primary N) is 1. The normalized spacial score (nSPS) is 10.6. The number of amides is 3. The molecule has 166 valence electrons. The number of carbonyl (C=O) groups excluding carboxylic acids is 3. The van der Waals surface area contributed by atoms with Crippen LogP contribution >= 0.6 is 11.6 Å². The number of nitrogens with one attached hydrogen (secondary N) is 2. The topological polar surface area (TPSA) is 132 Å². The third-order valence-corrected chi connectivity index (χ3v) is 4.81. The second-order valence-electron chi connectivity index (χ2n) is 6.97. The van der Waals surface area contributed by atoms with Crippen LogP contribution in [0, 0.1) is 0 Å². The number of furan rings is 1. The standard InChI is InChI=1S/C23H18ClN5O4/c24-15-5-2-7-17(11-15)29-19(20-8-3-9-33-20)12-18(28-29)23(32)27-16-6-1-4-14(10-16)22(31)26-13-21(25)30/h1-12H,13H2,(H2,25,30)(H,26,31)(H,27,32). The van der Waals surface area contributed by atoms with E-state index >= 15 is 0 Å². The van der Waals surface area contributed by atoms with Crippen LogP contribution in [0.15, 0.2) is 77.4 Å². The summed E-state index contributed by atoms with van der Waals surface area (Å²) in [5.41, 5.74) is 7.03. The maximum Gasteiger partial charge on any atom is 0.276 e. The van der Waals surface area contributed by atoms with Gasteiger partial charge in [0.2, 0.25) is 5.91 Å². The summed E-state index contributed by atoms with van der Waals surface area (Å²) in [6.45, 7) is -0.286. The zero-order chi connectivity index (χ0) is 23.4. The number of carbonyl (C=O) groups is 3. The van der Waals surface area contributed by atoms with E-state index in [2.05, 4.69) is 15.7 Å². The third-order valence-electron chi connectivity index (χ3n) is 4.57. The molecule has 0 fully saturated rings. The Morgan fingerprint density at radius 2 is 1.82 bits per heavy atom. The average molecular weight is 464 g/mol. The molecule has 0 atom stereocenters. The molecule has 4 aromatic rings. The molecule has 0 saturated carbocycles. The first kappa shape index (κ1) is 21.8. The lowest BCUT2D eigenvalue weighted by molar-refractivity contribution is -0.117. The van der Waals surface area contributed by atoms with Crippen molar-refractivity contribution < 1.29 is 18.8 Å². The lowest BCUT2D eigenvalue weighted by atomic mass is 10.2. The SMILES string of the molecule is NC(=O)CNC(=O)c1cccc(NC(=O)c2cc(-c3ccco3)n(-c3cccc(Cl)c3)n2)c1. The number of hydrogen-bond acceptors (Lipinski definition) is 5. The molecular formula is C23H18ClN5O4. The first-order valence-corrected chi connectivity index (χ1v) is 10.2. The molecule has 0 saturated heterocycles. The van der Waals surface area contributed by atoms with Crippen molar-refractivity contribution in [1.82, 2.24) is 15.1 Å². The number of halogens is 1. The average Bonchev–Trinajstić information content (AvgIpc) is 3.47. The lowest BCUT2D eigenvalue weighted by Gasteiger charge is -2.07. The number of hydrogen-bond donors (Lipinski definition) is 3. The molecule has 0 radical (unpaired) electrons. The Balaban J connectivity index is 1.60. The minimum absolute atomic E-state index is 0.130. The molecule has 4 N–H and O–H groups in total. The largest absolute Gasteiger partial charge is 0.463 e. The Morgan fingerprint density at radius 1 is 1.00 bits per heavy atom. The van der Waals surface area contributed by atoms with E-state index in [9.17, 15) is 14.4 Å². The van der Waals surface area contributed by atoms with Gasteiger partial charge in [-0.1, -0.05) is 23.7 Å². The fourth-order valence-corrected chi connectivity index (χ4v) is 3.28. The first-order valence-electron chi connectivity index (χ1n) is 9.78. The van der Waals surface area contributed by atoms with E-state index in [1.54, 1.807) is 65.3 Å². The van der Waals surface area contributed by atoms with Gasteiger partial charge in [0.05, 0.1) is 18.5 Å². The number of primary amides is 1. The van der Waals surface area contributed by atoms with Gasteiger partial charge in [-0.2, -0.15) is 5.10 Å². The van der Waals surface area contributed by atoms with E-state index in [1.807, 2.05) is 0 Å². The summed E-state index contributed by atoms with van der Waals surface area (Å²) in [5.74, 6) is -1.11. The highest BCUT2D eigenvalue weighted by atomic mass is 35.5. The van der Waals surface area contributed by atoms with Gasteiger partial charge in [0, 0.05) is 22.3 Å². The van der Waals surface area contributed by atoms with E-state index in [0.29, 0.717) is 27.9 Å². The summed E-state index contributed by atoms with van der Waals surface area (Å²) in [4.78, 5) is 36.0. The van der Waals surface area contributed by atoms with Gasteiger partial charge in [0.25, 0.3) is 11.8 Å². The summed E-state index contributed by atoms with van der Waals surface area (Å²) < 4.78 is 7.07. The van der Waals surface area contributed by atoms with Crippen LogP contribution in [0.25, 0.3) is 17.1 Å². The number of nitrogens with zero attached hydrogens (tertiary/aromatic N) is 2. The van der Waals surface area contributed by atoms with Crippen LogP contribution in [0.2, 0.25) is 5.02 Å². The van der Waals surface area contributed by atoms with Gasteiger partial charge in [0.1, 0.15) is 5.69 Å². The van der Waals surface area contributed by atoms with Crippen LogP contribution in [0.5, 0.6) is 0 Å². The van der Waals surface area contributed by atoms with Crippen molar-refractivity contribution in [3.05, 3.63) is 89.3 Å². The molecule has 0 aliphatic carbocycles. The molecule has 0 spiro atoms. The molecule has 0 aliphatic rings. The molecule has 0 unspecified atom stereocenters. The number of rotatable bonds is 7. The first-order chi connectivity index (χ1) is 15.9. The van der Waals surface area contributed by atoms with Gasteiger partial charge in [0.15, 0.2) is 11.5 Å². The van der Waals surface area contributed by atoms with E-state index in [4.69, 9.17) is 21.8 Å². The van der Waals surface area contributed by atoms with Gasteiger partial charge in [-0.15, -0.1) is 0 Å². The van der Waals surface area contributed by atoms with Gasteiger partial charge < -0.3 is 20.8 Å². The summed E-state index contributed by atoms with van der Waals surface area (Å²) >= 11 is 6.13. The van der Waals surface area contributed by atoms with Crippen molar-refractivity contribution in [3.63, 3.8) is 0 Å². The molecule has 2 aromatic carbocycles. The number of benzene rings is 2. The van der Waals surface area contributed by atoms with Crippen molar-refractivity contribution in [2.45, 2.75) is 0 Å². The zero-order valence-corrected chi connectivity index (χ0v) is 17.9. The maximum absolute atomic E-state index is 12.9. The van der Waals surface area contributed by atoms with Crippen LogP contribution < -0.4 is 16.4 Å². The summed E-state index contributed by atoms with van der Waals surface area (Å²) in [7, 11) is 0. The Labute approximate surface area is 193 Å². The van der Waals surface area contributed by atoms with Crippen LogP contribution in [0.1, 0.15) is 20.8 Å². The van der Waals surface area contributed by atoms with Gasteiger partial charge in [-0.25, -0.2) is 4.68 Å². The monoisotopic (exact) mass is 463 g/mol. The van der Waals surface area contributed by atoms with Gasteiger partial charge in [-0.05, 0) is 48.5 Å². The quantitative estimate of drug-likeness (QED) is 0.387. The molecule has 0 bridgehead atoms. The molecule has 0 aliphatic heterocycles. The van der Waals surface area contributed by atoms with E-state index in [-0.39, 0.29) is 17.8 Å². The van der Waals surface area contributed by atoms with Crippen LogP contribution in [0.4, 0.5) is 5.69 Å². The van der Waals surface area contributed by atoms with Crippen molar-refractivity contribution in [2.24, 2.45) is 5.73 Å². The lowest BCUT2D eigenvalue weighted by Crippen LogP contribution is -2.33. The minimum atomic E-state index is -0.657. The van der Waals surface area contributed by atoms with Crippen LogP contribution in [0.3, 0.4) is 0 Å². The van der Waals surface area contributed by atoms with Crippen molar-refractivity contribution >= 4 is 35.0 Å². The van der Waals surface area contributed by atoms with Crippen molar-refractivity contribution in [1.29, 1.82) is 0 Å². The van der Waals surface area contributed by atoms with Gasteiger partial charge in [-0.3, -0.25) is 14.4 Å². The van der Waals surface area contributed by atoms with Crippen molar-refractivity contribution in [2.75, 3.05) is 11.9 Å². The minimum Gasteiger partial charge on any atom is -0.463 e. The Hall–Kier alpha value is -4.37. The fraction of sp³-hybridized carbons (Fsp3) is 0.0435. The number of anilines is 1. The van der Waals surface area contributed by atoms with E-state index < -0.39 is 17.7 Å². The zero-order valence-electron chi connectivity index (χ0n) is 17.1. The molecule has 2 heterocycles. The highest BCUT2D eigenvalue weighted by molar-refractivity contribution is 6.30. The predicted octanol–water partition coefficient (Wildman–Crippen LogP) is 3.25. The Kier molecular flexibility index (Phi) is 6.23. The Morgan fingerprint density at radius 3 is 2.55 bits per heavy atom. The second-order valence-corrected chi connectivity index (χ2v) is 7.40. The van der Waals surface area contributed by atoms with Crippen molar-refractivity contribution in [3.8, 4) is 17.1 Å². The molecule has 4 rings (SSSR count). The molecule has 33 heavy (non-hydrogen) atoms. The predicted molar refractivity (Wildman–Crippen MR) is 122 cm³/mol. The number of aromatic nitrogens is 2. The van der Waals surface area contributed by atoms with Gasteiger partial charge >= 0.3 is 0 Å². The third kappa shape index (κ3) is 5.10. The molecular weight excluding hydrogens is 446 g/mol. The van der Waals surface area contributed by atoms with Crippen LogP contribution in [-0.4, -0.2) is 34.0 Å². The summed E-state index contributed by atoms with van der Waals surface area (Å²) in [6.07, 6.45) is 1.53. The second kappa shape index (κ2) is 9.41. The van der Waals surface area contributed by atoms with E-state index in [1.165, 1.54) is 12.3 Å². The highest BCUT2D eigenvalue weighted by Crippen LogP contribution is 2.26. The summed E-state index contributed by atoms with van der Waals surface area (Å²) in [6, 6.07) is 18.4. The molecule has 9 nitrogen and oxygen atoms in total. The van der Waals surface area contributed by atoms with E-state index in [0.717, 1.165) is 0 Å². The maximum atomic E-state index is 12.9. The Bertz CT molecular complexity index is 1330. The van der Waals surface area contributed by atoms with Crippen LogP contribution in [-0.2, 0) is 4.79 Å². The fourth-order valence-electron chi connectivity index (χ4n) is 3.10. The highest BCUT2D eigenvalue weighted by Gasteiger charge is 2.19. The summed E-state index contributed by atoms with van der Waals surface area (Å²) in [5, 5.41) is 10.1. The molecule has 3 amide bonds. The molecule has 10 heteroatoms.